The molecule has 3 aromatic rings. The van der Waals surface area contributed by atoms with E-state index in [0.29, 0.717) is 59.7 Å². The normalized spacial score (nSPS) is 14.9. The van der Waals surface area contributed by atoms with Gasteiger partial charge in [0.2, 0.25) is 5.91 Å². The number of aliphatic imine (C=N–C) groups is 1. The molecule has 0 atom stereocenters. The highest BCUT2D eigenvalue weighted by atomic mass is 35.5. The summed E-state index contributed by atoms with van der Waals surface area (Å²) in [5.74, 6) is 0.506. The minimum Gasteiger partial charge on any atom is -0.490 e. The largest absolute Gasteiger partial charge is 0.490 e. The van der Waals surface area contributed by atoms with Crippen LogP contribution in [0.3, 0.4) is 0 Å². The molecule has 2 heterocycles. The lowest BCUT2D eigenvalue weighted by Gasteiger charge is -2.32. The molecule has 4 rings (SSSR count). The number of carbonyl (C=O) groups is 1. The van der Waals surface area contributed by atoms with Crippen LogP contribution < -0.4 is 15.8 Å². The van der Waals surface area contributed by atoms with Crippen LogP contribution >= 0.6 is 11.6 Å². The van der Waals surface area contributed by atoms with E-state index in [1.54, 1.807) is 24.2 Å². The summed E-state index contributed by atoms with van der Waals surface area (Å²) in [7, 11) is 1.66. The van der Waals surface area contributed by atoms with Crippen LogP contribution in [0.5, 0.6) is 5.75 Å². The van der Waals surface area contributed by atoms with Crippen LogP contribution in [-0.2, 0) is 4.79 Å². The fourth-order valence-corrected chi connectivity index (χ4v) is 4.24. The van der Waals surface area contributed by atoms with Gasteiger partial charge in [0.1, 0.15) is 29.8 Å². The van der Waals surface area contributed by atoms with Gasteiger partial charge >= 0.3 is 0 Å². The average molecular weight is 509 g/mol. The number of nitrogens with two attached hydrogens (primary N) is 1. The molecule has 0 aliphatic carbocycles. The molecular formula is C26H26ClFN6O2. The molecule has 0 spiro atoms. The molecule has 1 aromatic heterocycles. The quantitative estimate of drug-likeness (QED) is 0.353. The maximum atomic E-state index is 13.6. The number of likely N-dealkylation sites (tertiary alicyclic amines) is 1. The van der Waals surface area contributed by atoms with Crippen LogP contribution in [0.15, 0.2) is 60.5 Å². The highest BCUT2D eigenvalue weighted by Crippen LogP contribution is 2.35. The third-order valence-corrected chi connectivity index (χ3v) is 6.19. The van der Waals surface area contributed by atoms with Crippen LogP contribution in [0.25, 0.3) is 16.5 Å². The number of fused-ring (bicyclic) bond motifs is 1. The first-order valence-electron chi connectivity index (χ1n) is 11.4. The first-order chi connectivity index (χ1) is 17.4. The smallest absolute Gasteiger partial charge is 0.245 e. The van der Waals surface area contributed by atoms with Crippen molar-refractivity contribution in [1.29, 1.82) is 0 Å². The molecule has 10 heteroatoms. The molecule has 2 aromatic carbocycles. The van der Waals surface area contributed by atoms with Crippen molar-refractivity contribution >= 4 is 51.7 Å². The molecule has 0 unspecified atom stereocenters. The summed E-state index contributed by atoms with van der Waals surface area (Å²) in [6, 6.07) is 8.07. The van der Waals surface area contributed by atoms with Crippen LogP contribution in [0.4, 0.5) is 15.9 Å². The van der Waals surface area contributed by atoms with Crippen molar-refractivity contribution in [2.24, 2.45) is 10.7 Å². The zero-order valence-corrected chi connectivity index (χ0v) is 20.5. The number of ether oxygens (including phenoxy) is 1. The minimum atomic E-state index is -0.505. The molecule has 1 aliphatic rings. The number of rotatable bonds is 7. The van der Waals surface area contributed by atoms with Gasteiger partial charge < -0.3 is 20.7 Å². The van der Waals surface area contributed by atoms with Crippen LogP contribution in [-0.4, -0.2) is 53.2 Å². The number of nitrogens with one attached hydrogen (secondary N) is 1. The lowest BCUT2D eigenvalue weighted by atomic mass is 10.0. The Morgan fingerprint density at radius 3 is 2.75 bits per heavy atom. The zero-order valence-electron chi connectivity index (χ0n) is 19.7. The number of hydrogen-bond acceptors (Lipinski definition) is 7. The molecule has 8 nitrogen and oxygen atoms in total. The number of carbonyl (C=O) groups excluding carboxylic acids is 1. The molecule has 0 saturated carbocycles. The molecule has 3 N–H and O–H groups in total. The van der Waals surface area contributed by atoms with E-state index in [1.165, 1.54) is 30.7 Å². The average Bonchev–Trinajstić information content (AvgIpc) is 2.89. The third kappa shape index (κ3) is 5.46. The third-order valence-electron chi connectivity index (χ3n) is 5.90. The molecule has 1 amide bonds. The summed E-state index contributed by atoms with van der Waals surface area (Å²) in [4.78, 5) is 26.6. The molecule has 186 valence electrons. The van der Waals surface area contributed by atoms with Gasteiger partial charge in [-0.25, -0.2) is 14.4 Å². The molecule has 1 saturated heterocycles. The summed E-state index contributed by atoms with van der Waals surface area (Å²) in [6.45, 7) is 4.72. The fourth-order valence-electron chi connectivity index (χ4n) is 4.06. The van der Waals surface area contributed by atoms with Crippen LogP contribution in [0.2, 0.25) is 5.02 Å². The van der Waals surface area contributed by atoms with E-state index < -0.39 is 5.82 Å². The molecule has 0 radical (unpaired) electrons. The van der Waals surface area contributed by atoms with Crippen LogP contribution in [0.1, 0.15) is 18.4 Å². The van der Waals surface area contributed by atoms with Gasteiger partial charge in [-0.15, -0.1) is 0 Å². The molecule has 36 heavy (non-hydrogen) atoms. The highest BCUT2D eigenvalue weighted by molar-refractivity contribution is 6.31. The van der Waals surface area contributed by atoms with Gasteiger partial charge in [-0.05, 0) is 36.4 Å². The van der Waals surface area contributed by atoms with Gasteiger partial charge in [-0.2, -0.15) is 0 Å². The Balaban J connectivity index is 1.71. The Kier molecular flexibility index (Phi) is 7.80. The number of allylic oxidation sites excluding steroid dienone is 1. The summed E-state index contributed by atoms with van der Waals surface area (Å²) in [5.41, 5.74) is 8.54. The summed E-state index contributed by atoms with van der Waals surface area (Å²) in [6.07, 6.45) is 7.12. The van der Waals surface area contributed by atoms with E-state index in [1.807, 2.05) is 12.1 Å². The fraction of sp³-hybridized carbons (Fsp3) is 0.231. The number of halogens is 2. The number of amides is 1. The minimum absolute atomic E-state index is 0.00234. The van der Waals surface area contributed by atoms with Gasteiger partial charge in [-0.3, -0.25) is 9.79 Å². The van der Waals surface area contributed by atoms with Crippen molar-refractivity contribution in [2.75, 3.05) is 25.5 Å². The number of anilines is 2. The van der Waals surface area contributed by atoms with Gasteiger partial charge in [0.15, 0.2) is 0 Å². The van der Waals surface area contributed by atoms with E-state index in [4.69, 9.17) is 22.1 Å². The maximum absolute atomic E-state index is 13.6. The Morgan fingerprint density at radius 1 is 1.31 bits per heavy atom. The first kappa shape index (κ1) is 25.1. The lowest BCUT2D eigenvalue weighted by molar-refractivity contribution is -0.127. The Bertz CT molecular complexity index is 1350. The van der Waals surface area contributed by atoms with Crippen molar-refractivity contribution in [1.82, 2.24) is 14.9 Å². The van der Waals surface area contributed by atoms with E-state index >= 15 is 0 Å². The van der Waals surface area contributed by atoms with Crippen molar-refractivity contribution in [2.45, 2.75) is 18.9 Å². The van der Waals surface area contributed by atoms with Crippen molar-refractivity contribution < 1.29 is 13.9 Å². The second-order valence-corrected chi connectivity index (χ2v) is 8.60. The molecular weight excluding hydrogens is 483 g/mol. The predicted molar refractivity (Wildman–Crippen MR) is 141 cm³/mol. The topological polar surface area (TPSA) is 106 Å². The first-order valence-corrected chi connectivity index (χ1v) is 11.7. The predicted octanol–water partition coefficient (Wildman–Crippen LogP) is 4.72. The second-order valence-electron chi connectivity index (χ2n) is 8.20. The monoisotopic (exact) mass is 508 g/mol. The zero-order chi connectivity index (χ0) is 25.7. The van der Waals surface area contributed by atoms with E-state index in [9.17, 15) is 9.18 Å². The summed E-state index contributed by atoms with van der Waals surface area (Å²) in [5, 5.41) is 3.88. The highest BCUT2D eigenvalue weighted by Gasteiger charge is 2.24. The second kappa shape index (κ2) is 11.2. The number of nitrogens with zero attached hydrogens (tertiary/aromatic N) is 4. The Morgan fingerprint density at radius 2 is 2.08 bits per heavy atom. The van der Waals surface area contributed by atoms with Gasteiger partial charge in [0.05, 0.1) is 10.5 Å². The van der Waals surface area contributed by atoms with Crippen molar-refractivity contribution in [3.63, 3.8) is 0 Å². The number of piperidine rings is 1. The van der Waals surface area contributed by atoms with Gasteiger partial charge in [0, 0.05) is 67.6 Å². The summed E-state index contributed by atoms with van der Waals surface area (Å²) < 4.78 is 20.1. The number of hydrogen-bond donors (Lipinski definition) is 2. The molecule has 0 bridgehead atoms. The van der Waals surface area contributed by atoms with Gasteiger partial charge in [0.25, 0.3) is 0 Å². The van der Waals surface area contributed by atoms with Crippen molar-refractivity contribution in [3.05, 3.63) is 71.9 Å². The Labute approximate surface area is 213 Å². The number of aromatic nitrogens is 2. The van der Waals surface area contributed by atoms with E-state index in [0.717, 1.165) is 5.56 Å². The van der Waals surface area contributed by atoms with E-state index in [-0.39, 0.29) is 17.0 Å². The van der Waals surface area contributed by atoms with Crippen LogP contribution in [0, 0.1) is 5.82 Å². The number of benzene rings is 2. The maximum Gasteiger partial charge on any atom is 0.245 e. The van der Waals surface area contributed by atoms with Crippen molar-refractivity contribution in [3.8, 4) is 5.75 Å². The SMILES string of the molecule is C=CC(=O)N1CCC(Oc2cc3c(Nc4ccc(F)c(Cl)c4)ncnc3cc2C(C=NC)=CN)CC1. The van der Waals surface area contributed by atoms with Gasteiger partial charge in [-0.1, -0.05) is 18.2 Å². The summed E-state index contributed by atoms with van der Waals surface area (Å²) >= 11 is 5.94. The van der Waals surface area contributed by atoms with E-state index in [2.05, 4.69) is 26.9 Å². The molecule has 1 aliphatic heterocycles. The standard InChI is InChI=1S/C26H26ClFN6O2/c1-3-25(35)34-8-6-18(7-9-34)36-24-12-20-23(11-19(24)16(13-29)14-30-2)31-15-32-26(20)33-17-4-5-22(28)21(27)10-17/h3-5,10-15,18H,1,6-9,29H2,2H3,(H,31,32,33). The molecule has 1 fully saturated rings. The lowest BCUT2D eigenvalue weighted by Crippen LogP contribution is -2.41. The Hall–Kier alpha value is -3.98.